The van der Waals surface area contributed by atoms with Gasteiger partial charge in [-0.1, -0.05) is 30.3 Å². The summed E-state index contributed by atoms with van der Waals surface area (Å²) in [5.41, 5.74) is 3.12. The van der Waals surface area contributed by atoms with Crippen molar-refractivity contribution in [1.82, 2.24) is 0 Å². The van der Waals surface area contributed by atoms with Crippen LogP contribution in [0.15, 0.2) is 42.5 Å². The monoisotopic (exact) mass is 270 g/mol. The molecule has 104 valence electrons. The molecule has 0 amide bonds. The average molecular weight is 270 g/mol. The molecule has 0 unspecified atom stereocenters. The van der Waals surface area contributed by atoms with Crippen molar-refractivity contribution < 1.29 is 14.3 Å². The minimum absolute atomic E-state index is 0.254. The summed E-state index contributed by atoms with van der Waals surface area (Å²) in [7, 11) is 1.56. The van der Waals surface area contributed by atoms with E-state index in [9.17, 15) is 4.79 Å². The van der Waals surface area contributed by atoms with Crippen LogP contribution in [0.25, 0.3) is 0 Å². The quantitative estimate of drug-likeness (QED) is 0.630. The van der Waals surface area contributed by atoms with E-state index in [2.05, 4.69) is 0 Å². The summed E-state index contributed by atoms with van der Waals surface area (Å²) in [6.45, 7) is 3.94. The number of benzene rings is 2. The van der Waals surface area contributed by atoms with Crippen LogP contribution in [0.2, 0.25) is 0 Å². The Kier molecular flexibility index (Phi) is 4.41. The molecular weight excluding hydrogens is 252 g/mol. The number of rotatable bonds is 4. The Balaban J connectivity index is 2.11. The van der Waals surface area contributed by atoms with Crippen molar-refractivity contribution >= 4 is 5.97 Å². The van der Waals surface area contributed by atoms with E-state index < -0.39 is 0 Å². The van der Waals surface area contributed by atoms with Gasteiger partial charge in [-0.2, -0.15) is 0 Å². The third-order valence-corrected chi connectivity index (χ3v) is 3.14. The van der Waals surface area contributed by atoms with E-state index in [0.29, 0.717) is 11.5 Å². The van der Waals surface area contributed by atoms with Gasteiger partial charge in [0.15, 0.2) is 11.5 Å². The van der Waals surface area contributed by atoms with Gasteiger partial charge in [-0.05, 0) is 42.7 Å². The van der Waals surface area contributed by atoms with Gasteiger partial charge >= 0.3 is 5.97 Å². The molecule has 2 rings (SSSR count). The van der Waals surface area contributed by atoms with Gasteiger partial charge in [-0.3, -0.25) is 4.79 Å². The molecule has 3 nitrogen and oxygen atoms in total. The highest BCUT2D eigenvalue weighted by atomic mass is 16.6. The fourth-order valence-corrected chi connectivity index (χ4v) is 1.98. The number of carbonyl (C=O) groups is 1. The molecule has 20 heavy (non-hydrogen) atoms. The van der Waals surface area contributed by atoms with E-state index in [-0.39, 0.29) is 12.4 Å². The Morgan fingerprint density at radius 2 is 1.80 bits per heavy atom. The predicted molar refractivity (Wildman–Crippen MR) is 78.2 cm³/mol. The molecule has 0 aromatic heterocycles. The molecule has 0 aliphatic rings. The van der Waals surface area contributed by atoms with Crippen molar-refractivity contribution in [2.24, 2.45) is 0 Å². The van der Waals surface area contributed by atoms with E-state index in [1.165, 1.54) is 0 Å². The maximum atomic E-state index is 12.0. The molecule has 0 saturated heterocycles. The van der Waals surface area contributed by atoms with Gasteiger partial charge in [0.25, 0.3) is 0 Å². The Labute approximate surface area is 119 Å². The topological polar surface area (TPSA) is 35.5 Å². The van der Waals surface area contributed by atoms with E-state index in [1.807, 2.05) is 50.2 Å². The smallest absolute Gasteiger partial charge is 0.315 e. The summed E-state index contributed by atoms with van der Waals surface area (Å²) in [5.74, 6) is 0.737. The first-order chi connectivity index (χ1) is 9.60. The Bertz CT molecular complexity index is 617. The molecule has 0 saturated carbocycles. The molecule has 0 aliphatic heterocycles. The summed E-state index contributed by atoms with van der Waals surface area (Å²) in [6, 6.07) is 13.3. The van der Waals surface area contributed by atoms with Crippen LogP contribution in [0, 0.1) is 13.8 Å². The van der Waals surface area contributed by atoms with Crippen LogP contribution in [0.3, 0.4) is 0 Å². The maximum absolute atomic E-state index is 12.0. The first-order valence-electron chi connectivity index (χ1n) is 6.50. The van der Waals surface area contributed by atoms with Crippen molar-refractivity contribution in [2.45, 2.75) is 20.3 Å². The fraction of sp³-hybridized carbons (Fsp3) is 0.235. The van der Waals surface area contributed by atoms with E-state index in [1.54, 1.807) is 13.2 Å². The summed E-state index contributed by atoms with van der Waals surface area (Å²) < 4.78 is 10.6. The number of ether oxygens (including phenoxy) is 2. The third-order valence-electron chi connectivity index (χ3n) is 3.14. The molecule has 0 atom stereocenters. The van der Waals surface area contributed by atoms with Crippen LogP contribution in [0.5, 0.6) is 11.5 Å². The normalized spacial score (nSPS) is 10.2. The zero-order valence-corrected chi connectivity index (χ0v) is 12.0. The standard InChI is InChI=1S/C17H18O3/c1-12-8-9-15(16(10-12)19-3)20-17(18)11-14-7-5-4-6-13(14)2/h4-10H,11H2,1-3H3. The Morgan fingerprint density at radius 1 is 1.05 bits per heavy atom. The summed E-state index contributed by atoms with van der Waals surface area (Å²) >= 11 is 0. The van der Waals surface area contributed by atoms with E-state index in [4.69, 9.17) is 9.47 Å². The first kappa shape index (κ1) is 14.1. The molecule has 2 aromatic rings. The van der Waals surface area contributed by atoms with Gasteiger partial charge in [-0.25, -0.2) is 0 Å². The zero-order chi connectivity index (χ0) is 14.5. The number of esters is 1. The second kappa shape index (κ2) is 6.24. The van der Waals surface area contributed by atoms with Crippen LogP contribution >= 0.6 is 0 Å². The van der Waals surface area contributed by atoms with Gasteiger partial charge in [0.2, 0.25) is 0 Å². The van der Waals surface area contributed by atoms with Crippen molar-refractivity contribution in [3.8, 4) is 11.5 Å². The average Bonchev–Trinajstić information content (AvgIpc) is 2.43. The van der Waals surface area contributed by atoms with E-state index in [0.717, 1.165) is 16.7 Å². The van der Waals surface area contributed by atoms with E-state index >= 15 is 0 Å². The van der Waals surface area contributed by atoms with Gasteiger partial charge in [0.1, 0.15) is 0 Å². The van der Waals surface area contributed by atoms with Gasteiger partial charge in [0, 0.05) is 0 Å². The van der Waals surface area contributed by atoms with Crippen molar-refractivity contribution in [3.05, 3.63) is 59.2 Å². The SMILES string of the molecule is COc1cc(C)ccc1OC(=O)Cc1ccccc1C. The van der Waals surface area contributed by atoms with Crippen molar-refractivity contribution in [3.63, 3.8) is 0 Å². The fourth-order valence-electron chi connectivity index (χ4n) is 1.98. The predicted octanol–water partition coefficient (Wildman–Crippen LogP) is 3.46. The molecule has 0 N–H and O–H groups in total. The Morgan fingerprint density at radius 3 is 2.50 bits per heavy atom. The molecule has 0 spiro atoms. The lowest BCUT2D eigenvalue weighted by molar-refractivity contribution is -0.133. The molecule has 3 heteroatoms. The lowest BCUT2D eigenvalue weighted by Crippen LogP contribution is -2.12. The summed E-state index contributed by atoms with van der Waals surface area (Å²) in [6.07, 6.45) is 0.254. The van der Waals surface area contributed by atoms with Gasteiger partial charge in [-0.15, -0.1) is 0 Å². The lowest BCUT2D eigenvalue weighted by Gasteiger charge is -2.10. The molecule has 0 bridgehead atoms. The molecular formula is C17H18O3. The third kappa shape index (κ3) is 3.38. The first-order valence-corrected chi connectivity index (χ1v) is 6.50. The highest BCUT2D eigenvalue weighted by Gasteiger charge is 2.11. The Hall–Kier alpha value is -2.29. The summed E-state index contributed by atoms with van der Waals surface area (Å²) in [5, 5.41) is 0. The molecule has 0 radical (unpaired) electrons. The summed E-state index contributed by atoms with van der Waals surface area (Å²) in [4.78, 5) is 12.0. The lowest BCUT2D eigenvalue weighted by atomic mass is 10.1. The number of hydrogen-bond donors (Lipinski definition) is 0. The maximum Gasteiger partial charge on any atom is 0.315 e. The van der Waals surface area contributed by atoms with Crippen LogP contribution in [0.4, 0.5) is 0 Å². The molecule has 0 aliphatic carbocycles. The molecule has 2 aromatic carbocycles. The number of carbonyl (C=O) groups excluding carboxylic acids is 1. The van der Waals surface area contributed by atoms with Crippen LogP contribution in [-0.2, 0) is 11.2 Å². The number of hydrogen-bond acceptors (Lipinski definition) is 3. The number of methoxy groups -OCH3 is 1. The second-order valence-electron chi connectivity index (χ2n) is 4.73. The minimum atomic E-state index is -0.290. The minimum Gasteiger partial charge on any atom is -0.493 e. The van der Waals surface area contributed by atoms with Crippen molar-refractivity contribution in [2.75, 3.05) is 7.11 Å². The molecule has 0 fully saturated rings. The molecule has 0 heterocycles. The zero-order valence-electron chi connectivity index (χ0n) is 12.0. The van der Waals surface area contributed by atoms with Crippen LogP contribution in [-0.4, -0.2) is 13.1 Å². The van der Waals surface area contributed by atoms with Crippen molar-refractivity contribution in [1.29, 1.82) is 0 Å². The largest absolute Gasteiger partial charge is 0.493 e. The van der Waals surface area contributed by atoms with Gasteiger partial charge in [0.05, 0.1) is 13.5 Å². The highest BCUT2D eigenvalue weighted by Crippen LogP contribution is 2.28. The van der Waals surface area contributed by atoms with Gasteiger partial charge < -0.3 is 9.47 Å². The van der Waals surface area contributed by atoms with Crippen LogP contribution < -0.4 is 9.47 Å². The van der Waals surface area contributed by atoms with Crippen LogP contribution in [0.1, 0.15) is 16.7 Å². The number of aryl methyl sites for hydroxylation is 2. The highest BCUT2D eigenvalue weighted by molar-refractivity contribution is 5.76. The second-order valence-corrected chi connectivity index (χ2v) is 4.73.